The minimum Gasteiger partial charge on any atom is -1.00 e. The maximum absolute atomic E-state index is 10.3. The van der Waals surface area contributed by atoms with Crippen LogP contribution in [-0.2, 0) is 4.79 Å². The van der Waals surface area contributed by atoms with E-state index in [-0.39, 0.29) is 48.7 Å². The van der Waals surface area contributed by atoms with Crippen molar-refractivity contribution in [1.29, 1.82) is 0 Å². The molecule has 18 heavy (non-hydrogen) atoms. The number of carboxylic acid groups (broad SMARTS) is 2. The SMILES string of the molecule is NCCCC(=O)O.O=C(O)c1ccccc1O.[H-].[Na+]. The molecule has 0 fully saturated rings. The minimum absolute atomic E-state index is 0. The van der Waals surface area contributed by atoms with Gasteiger partial charge in [0.2, 0.25) is 0 Å². The fourth-order valence-electron chi connectivity index (χ4n) is 0.908. The molecule has 0 bridgehead atoms. The maximum Gasteiger partial charge on any atom is 1.00 e. The number of para-hydroxylation sites is 1. The normalized spacial score (nSPS) is 8.50. The third kappa shape index (κ3) is 9.00. The van der Waals surface area contributed by atoms with Gasteiger partial charge in [0.1, 0.15) is 11.3 Å². The van der Waals surface area contributed by atoms with Gasteiger partial charge in [-0.3, -0.25) is 4.79 Å². The van der Waals surface area contributed by atoms with Crippen LogP contribution in [0, 0.1) is 0 Å². The average molecular weight is 265 g/mol. The predicted molar refractivity (Wildman–Crippen MR) is 62.1 cm³/mol. The Morgan fingerprint density at radius 2 is 1.78 bits per heavy atom. The van der Waals surface area contributed by atoms with Crippen LogP contribution in [0.15, 0.2) is 24.3 Å². The van der Waals surface area contributed by atoms with Gasteiger partial charge in [-0.25, -0.2) is 4.79 Å². The Labute approximate surface area is 128 Å². The van der Waals surface area contributed by atoms with Gasteiger partial charge in [0.25, 0.3) is 0 Å². The Kier molecular flexibility index (Phi) is 11.8. The first-order valence-electron chi connectivity index (χ1n) is 4.92. The van der Waals surface area contributed by atoms with Crippen LogP contribution >= 0.6 is 0 Å². The van der Waals surface area contributed by atoms with Crippen LogP contribution in [0.3, 0.4) is 0 Å². The molecule has 0 saturated carbocycles. The maximum atomic E-state index is 10.3. The molecule has 0 unspecified atom stereocenters. The first-order chi connectivity index (χ1) is 7.99. The number of carboxylic acids is 2. The monoisotopic (exact) mass is 265 g/mol. The van der Waals surface area contributed by atoms with Gasteiger partial charge >= 0.3 is 41.5 Å². The van der Waals surface area contributed by atoms with Crippen molar-refractivity contribution in [1.82, 2.24) is 0 Å². The summed E-state index contributed by atoms with van der Waals surface area (Å²) in [6.45, 7) is 0.465. The molecule has 1 rings (SSSR count). The van der Waals surface area contributed by atoms with E-state index in [1.165, 1.54) is 12.1 Å². The molecule has 0 heterocycles. The molecule has 6 nitrogen and oxygen atoms in total. The van der Waals surface area contributed by atoms with E-state index in [2.05, 4.69) is 0 Å². The molecule has 1 aromatic carbocycles. The van der Waals surface area contributed by atoms with Crippen molar-refractivity contribution < 1.29 is 55.9 Å². The summed E-state index contributed by atoms with van der Waals surface area (Å²) in [5, 5.41) is 25.3. The third-order valence-corrected chi connectivity index (χ3v) is 1.73. The van der Waals surface area contributed by atoms with Crippen LogP contribution in [0.2, 0.25) is 0 Å². The molecular formula is C11H16NNaO5. The average Bonchev–Trinajstić information content (AvgIpc) is 2.27. The molecule has 0 aliphatic carbocycles. The van der Waals surface area contributed by atoms with Crippen molar-refractivity contribution in [2.24, 2.45) is 5.73 Å². The molecule has 0 aromatic heterocycles. The van der Waals surface area contributed by atoms with Gasteiger partial charge in [-0.05, 0) is 25.1 Å². The van der Waals surface area contributed by atoms with E-state index < -0.39 is 11.9 Å². The predicted octanol–water partition coefficient (Wildman–Crippen LogP) is -1.98. The number of rotatable bonds is 4. The Hall–Kier alpha value is -1.08. The summed E-state index contributed by atoms with van der Waals surface area (Å²) in [7, 11) is 0. The van der Waals surface area contributed by atoms with Gasteiger partial charge in [0.15, 0.2) is 0 Å². The zero-order valence-corrected chi connectivity index (χ0v) is 12.2. The number of nitrogens with two attached hydrogens (primary N) is 1. The third-order valence-electron chi connectivity index (χ3n) is 1.73. The van der Waals surface area contributed by atoms with E-state index in [9.17, 15) is 9.59 Å². The molecule has 0 atom stereocenters. The number of aromatic carboxylic acids is 1. The molecule has 5 N–H and O–H groups in total. The Bertz CT molecular complexity index is 389. The van der Waals surface area contributed by atoms with Crippen molar-refractivity contribution in [2.45, 2.75) is 12.8 Å². The first-order valence-corrected chi connectivity index (χ1v) is 4.92. The second-order valence-electron chi connectivity index (χ2n) is 3.11. The Morgan fingerprint density at radius 3 is 2.06 bits per heavy atom. The molecule has 0 aliphatic heterocycles. The molecule has 0 radical (unpaired) electrons. The fraction of sp³-hybridized carbons (Fsp3) is 0.273. The second kappa shape index (κ2) is 11.0. The molecule has 0 aliphatic rings. The molecule has 7 heteroatoms. The molecule has 0 spiro atoms. The Balaban J connectivity index is -0.000000258. The number of aliphatic carboxylic acids is 1. The van der Waals surface area contributed by atoms with Crippen molar-refractivity contribution in [2.75, 3.05) is 6.54 Å². The fourth-order valence-corrected chi connectivity index (χ4v) is 0.908. The van der Waals surface area contributed by atoms with Crippen molar-refractivity contribution in [3.8, 4) is 5.75 Å². The number of carbonyl (C=O) groups is 2. The number of benzene rings is 1. The summed E-state index contributed by atoms with van der Waals surface area (Å²) >= 11 is 0. The van der Waals surface area contributed by atoms with Crippen molar-refractivity contribution in [3.05, 3.63) is 29.8 Å². The summed E-state index contributed by atoms with van der Waals surface area (Å²) in [6.07, 6.45) is 0.770. The van der Waals surface area contributed by atoms with Gasteiger partial charge in [0.05, 0.1) is 0 Å². The number of hydrogen-bond donors (Lipinski definition) is 4. The number of hydrogen-bond acceptors (Lipinski definition) is 4. The van der Waals surface area contributed by atoms with Crippen LogP contribution in [0.5, 0.6) is 5.75 Å². The van der Waals surface area contributed by atoms with Crippen LogP contribution in [0.1, 0.15) is 24.6 Å². The van der Waals surface area contributed by atoms with Gasteiger partial charge in [-0.2, -0.15) is 0 Å². The van der Waals surface area contributed by atoms with Crippen molar-refractivity contribution in [3.63, 3.8) is 0 Å². The van der Waals surface area contributed by atoms with E-state index in [0.29, 0.717) is 13.0 Å². The number of phenols is 1. The second-order valence-corrected chi connectivity index (χ2v) is 3.11. The smallest absolute Gasteiger partial charge is 1.00 e. The molecule has 0 amide bonds. The topological polar surface area (TPSA) is 121 Å². The zero-order chi connectivity index (χ0) is 13.3. The quantitative estimate of drug-likeness (QED) is 0.468. The van der Waals surface area contributed by atoms with E-state index in [0.717, 1.165) is 0 Å². The Morgan fingerprint density at radius 1 is 1.22 bits per heavy atom. The summed E-state index contributed by atoms with van der Waals surface area (Å²) in [5.41, 5.74) is 4.95. The van der Waals surface area contributed by atoms with Crippen LogP contribution < -0.4 is 35.3 Å². The van der Waals surface area contributed by atoms with E-state index in [4.69, 9.17) is 21.1 Å². The van der Waals surface area contributed by atoms with Crippen LogP contribution in [0.4, 0.5) is 0 Å². The first kappa shape index (κ1) is 19.3. The summed E-state index contributed by atoms with van der Waals surface area (Å²) in [4.78, 5) is 20.0. The molecule has 1 aromatic rings. The van der Waals surface area contributed by atoms with E-state index >= 15 is 0 Å². The van der Waals surface area contributed by atoms with Gasteiger partial charge in [0, 0.05) is 6.42 Å². The molecule has 0 saturated heterocycles. The zero-order valence-electron chi connectivity index (χ0n) is 11.2. The van der Waals surface area contributed by atoms with Crippen LogP contribution in [-0.4, -0.2) is 33.8 Å². The summed E-state index contributed by atoms with van der Waals surface area (Å²) < 4.78 is 0. The van der Waals surface area contributed by atoms with Gasteiger partial charge in [-0.15, -0.1) is 0 Å². The largest absolute Gasteiger partial charge is 1.00 e. The standard InChI is InChI=1S/C7H6O3.C4H9NO2.Na.H/c8-6-4-2-1-3-5(6)7(9)10;5-3-1-2-4(6)7;;/h1-4,8H,(H,9,10);1-3,5H2,(H,6,7);;/q;;+1;-1. The van der Waals surface area contributed by atoms with Crippen LogP contribution in [0.25, 0.3) is 0 Å². The van der Waals surface area contributed by atoms with Gasteiger partial charge in [-0.1, -0.05) is 12.1 Å². The summed E-state index contributed by atoms with van der Waals surface area (Å²) in [5.74, 6) is -2.08. The van der Waals surface area contributed by atoms with Gasteiger partial charge < -0.3 is 22.5 Å². The molecular weight excluding hydrogens is 249 g/mol. The van der Waals surface area contributed by atoms with E-state index in [1.807, 2.05) is 0 Å². The minimum atomic E-state index is -1.11. The van der Waals surface area contributed by atoms with Crippen molar-refractivity contribution >= 4 is 11.9 Å². The molecule has 96 valence electrons. The number of aromatic hydroxyl groups is 1. The summed E-state index contributed by atoms with van der Waals surface area (Å²) in [6, 6.07) is 5.81. The van der Waals surface area contributed by atoms with E-state index in [1.54, 1.807) is 12.1 Å².